The van der Waals surface area contributed by atoms with Crippen molar-refractivity contribution in [2.45, 2.75) is 6.54 Å². The van der Waals surface area contributed by atoms with Gasteiger partial charge < -0.3 is 0 Å². The summed E-state index contributed by atoms with van der Waals surface area (Å²) in [6.07, 6.45) is 0. The van der Waals surface area contributed by atoms with Gasteiger partial charge in [0.05, 0.1) is 6.54 Å². The van der Waals surface area contributed by atoms with Crippen LogP contribution in [0.5, 0.6) is 0 Å². The van der Waals surface area contributed by atoms with Gasteiger partial charge in [-0.3, -0.25) is 14.6 Å². The summed E-state index contributed by atoms with van der Waals surface area (Å²) in [5, 5.41) is 2.55. The lowest BCUT2D eigenvalue weighted by molar-refractivity contribution is 0.481. The summed E-state index contributed by atoms with van der Waals surface area (Å²) in [6, 6.07) is 18.3. The van der Waals surface area contributed by atoms with E-state index in [2.05, 4.69) is 5.10 Å². The van der Waals surface area contributed by atoms with Crippen molar-refractivity contribution in [3.63, 3.8) is 0 Å². The number of halogens is 1. The maximum atomic E-state index is 14.4. The van der Waals surface area contributed by atoms with Gasteiger partial charge in [-0.05, 0) is 11.1 Å². The van der Waals surface area contributed by atoms with Crippen molar-refractivity contribution in [3.8, 4) is 11.1 Å². The molecule has 2 aromatic carbocycles. The van der Waals surface area contributed by atoms with E-state index in [9.17, 15) is 9.18 Å². The summed E-state index contributed by atoms with van der Waals surface area (Å²) in [6.45, 7) is 0.300. The molecule has 0 spiro atoms. The molecule has 0 radical (unpaired) electrons. The zero-order valence-corrected chi connectivity index (χ0v) is 10.7. The number of nitrogens with one attached hydrogen (secondary N) is 1. The standard InChI is InChI=1S/C16H13FN2O/c17-15-14(13-9-5-2-6-10-13)16(20)18-19(15)11-12-7-3-1-4-8-12/h1-10H,11H2,(H,18,20). The predicted octanol–water partition coefficient (Wildman–Crippen LogP) is 3.03. The van der Waals surface area contributed by atoms with E-state index in [1.165, 1.54) is 4.68 Å². The van der Waals surface area contributed by atoms with Crippen molar-refractivity contribution in [1.29, 1.82) is 0 Å². The first kappa shape index (κ1) is 12.4. The predicted molar refractivity (Wildman–Crippen MR) is 76.0 cm³/mol. The molecule has 1 heterocycles. The number of rotatable bonds is 3. The number of H-pyrrole nitrogens is 1. The number of hydrogen-bond donors (Lipinski definition) is 1. The molecule has 1 N–H and O–H groups in total. The van der Waals surface area contributed by atoms with Crippen molar-refractivity contribution in [2.75, 3.05) is 0 Å². The summed E-state index contributed by atoms with van der Waals surface area (Å²) in [4.78, 5) is 11.9. The average Bonchev–Trinajstić information content (AvgIpc) is 2.75. The molecule has 0 saturated heterocycles. The zero-order chi connectivity index (χ0) is 13.9. The Kier molecular flexibility index (Phi) is 3.21. The highest BCUT2D eigenvalue weighted by atomic mass is 19.1. The van der Waals surface area contributed by atoms with E-state index in [0.717, 1.165) is 5.56 Å². The Morgan fingerprint density at radius 3 is 2.20 bits per heavy atom. The number of aromatic nitrogens is 2. The van der Waals surface area contributed by atoms with Crippen LogP contribution in [0, 0.1) is 5.95 Å². The van der Waals surface area contributed by atoms with Gasteiger partial charge in [-0.15, -0.1) is 0 Å². The molecule has 3 aromatic rings. The van der Waals surface area contributed by atoms with Gasteiger partial charge in [-0.25, -0.2) is 0 Å². The van der Waals surface area contributed by atoms with Crippen molar-refractivity contribution in [3.05, 3.63) is 82.5 Å². The molecule has 0 amide bonds. The quantitative estimate of drug-likeness (QED) is 0.779. The second-order valence-corrected chi connectivity index (χ2v) is 4.54. The Bertz CT molecular complexity index is 760. The van der Waals surface area contributed by atoms with Gasteiger partial charge in [0.1, 0.15) is 5.56 Å². The van der Waals surface area contributed by atoms with Crippen LogP contribution in [0.15, 0.2) is 65.5 Å². The Hall–Kier alpha value is -2.62. The van der Waals surface area contributed by atoms with E-state index in [4.69, 9.17) is 0 Å². The topological polar surface area (TPSA) is 37.8 Å². The first-order chi connectivity index (χ1) is 9.75. The van der Waals surface area contributed by atoms with Crippen LogP contribution in [-0.4, -0.2) is 9.78 Å². The summed E-state index contributed by atoms with van der Waals surface area (Å²) >= 11 is 0. The molecule has 100 valence electrons. The van der Waals surface area contributed by atoms with Gasteiger partial charge in [0, 0.05) is 0 Å². The van der Waals surface area contributed by atoms with Crippen LogP contribution in [0.3, 0.4) is 0 Å². The highest BCUT2D eigenvalue weighted by Crippen LogP contribution is 2.18. The fourth-order valence-electron chi connectivity index (χ4n) is 2.19. The van der Waals surface area contributed by atoms with Crippen LogP contribution in [0.1, 0.15) is 5.56 Å². The Balaban J connectivity index is 2.02. The Labute approximate surface area is 115 Å². The van der Waals surface area contributed by atoms with E-state index >= 15 is 0 Å². The number of aromatic amines is 1. The van der Waals surface area contributed by atoms with Crippen LogP contribution in [-0.2, 0) is 6.54 Å². The number of hydrogen-bond acceptors (Lipinski definition) is 1. The minimum absolute atomic E-state index is 0.0848. The minimum atomic E-state index is -0.537. The summed E-state index contributed by atoms with van der Waals surface area (Å²) < 4.78 is 15.6. The van der Waals surface area contributed by atoms with Gasteiger partial charge in [0.25, 0.3) is 5.56 Å². The Morgan fingerprint density at radius 2 is 1.55 bits per heavy atom. The second kappa shape index (κ2) is 5.17. The van der Waals surface area contributed by atoms with Gasteiger partial charge in [-0.1, -0.05) is 60.7 Å². The molecule has 0 bridgehead atoms. The highest BCUT2D eigenvalue weighted by molar-refractivity contribution is 5.62. The largest absolute Gasteiger partial charge is 0.275 e. The maximum absolute atomic E-state index is 14.4. The highest BCUT2D eigenvalue weighted by Gasteiger charge is 2.16. The van der Waals surface area contributed by atoms with Crippen molar-refractivity contribution in [1.82, 2.24) is 9.78 Å². The zero-order valence-electron chi connectivity index (χ0n) is 10.7. The molecule has 0 aliphatic rings. The van der Waals surface area contributed by atoms with Crippen molar-refractivity contribution in [2.24, 2.45) is 0 Å². The monoisotopic (exact) mass is 268 g/mol. The second-order valence-electron chi connectivity index (χ2n) is 4.54. The molecule has 0 atom stereocenters. The van der Waals surface area contributed by atoms with Crippen LogP contribution >= 0.6 is 0 Å². The van der Waals surface area contributed by atoms with Gasteiger partial charge in [0.2, 0.25) is 5.95 Å². The molecular weight excluding hydrogens is 255 g/mol. The van der Waals surface area contributed by atoms with Crippen LogP contribution in [0.25, 0.3) is 11.1 Å². The smallest absolute Gasteiger partial charge is 0.267 e. The van der Waals surface area contributed by atoms with E-state index < -0.39 is 11.5 Å². The van der Waals surface area contributed by atoms with Crippen molar-refractivity contribution < 1.29 is 4.39 Å². The first-order valence-corrected chi connectivity index (χ1v) is 6.33. The first-order valence-electron chi connectivity index (χ1n) is 6.33. The van der Waals surface area contributed by atoms with E-state index in [-0.39, 0.29) is 5.56 Å². The number of nitrogens with zero attached hydrogens (tertiary/aromatic N) is 1. The van der Waals surface area contributed by atoms with Gasteiger partial charge >= 0.3 is 0 Å². The third kappa shape index (κ3) is 2.28. The molecule has 3 nitrogen and oxygen atoms in total. The maximum Gasteiger partial charge on any atom is 0.275 e. The molecule has 1 aromatic heterocycles. The normalized spacial score (nSPS) is 10.7. The lowest BCUT2D eigenvalue weighted by atomic mass is 10.1. The van der Waals surface area contributed by atoms with E-state index in [1.54, 1.807) is 24.3 Å². The molecule has 3 rings (SSSR count). The fraction of sp³-hybridized carbons (Fsp3) is 0.0625. The molecule has 0 aliphatic heterocycles. The van der Waals surface area contributed by atoms with Crippen LogP contribution in [0.2, 0.25) is 0 Å². The molecule has 0 aliphatic carbocycles. The third-order valence-corrected chi connectivity index (χ3v) is 3.15. The van der Waals surface area contributed by atoms with E-state index in [1.807, 2.05) is 36.4 Å². The fourth-order valence-corrected chi connectivity index (χ4v) is 2.19. The molecule has 4 heteroatoms. The van der Waals surface area contributed by atoms with Crippen molar-refractivity contribution >= 4 is 0 Å². The number of benzene rings is 2. The van der Waals surface area contributed by atoms with Gasteiger partial charge in [0.15, 0.2) is 0 Å². The third-order valence-electron chi connectivity index (χ3n) is 3.15. The lowest BCUT2D eigenvalue weighted by Gasteiger charge is -2.03. The van der Waals surface area contributed by atoms with Gasteiger partial charge in [-0.2, -0.15) is 4.39 Å². The summed E-state index contributed by atoms with van der Waals surface area (Å²) in [5.74, 6) is -0.537. The molecular formula is C16H13FN2O. The van der Waals surface area contributed by atoms with E-state index in [0.29, 0.717) is 12.1 Å². The molecule has 0 saturated carbocycles. The van der Waals surface area contributed by atoms with Crippen LogP contribution < -0.4 is 5.56 Å². The SMILES string of the molecule is O=c1[nH]n(Cc2ccccc2)c(F)c1-c1ccccc1. The lowest BCUT2D eigenvalue weighted by Crippen LogP contribution is -2.08. The molecule has 0 unspecified atom stereocenters. The minimum Gasteiger partial charge on any atom is -0.267 e. The average molecular weight is 268 g/mol. The molecule has 0 fully saturated rings. The summed E-state index contributed by atoms with van der Waals surface area (Å²) in [7, 11) is 0. The summed E-state index contributed by atoms with van der Waals surface area (Å²) in [5.41, 5.74) is 1.18. The van der Waals surface area contributed by atoms with Crippen LogP contribution in [0.4, 0.5) is 4.39 Å². The molecule has 20 heavy (non-hydrogen) atoms. The Morgan fingerprint density at radius 1 is 0.950 bits per heavy atom.